The fourth-order valence-electron chi connectivity index (χ4n) is 2.19. The maximum atomic E-state index is 12.1. The second-order valence-electron chi connectivity index (χ2n) is 5.98. The molecule has 2 rings (SSSR count). The number of benzene rings is 1. The monoisotopic (exact) mass is 317 g/mol. The molecule has 0 aliphatic heterocycles. The molecule has 0 fully saturated rings. The molecule has 0 spiro atoms. The molecule has 0 saturated heterocycles. The average molecular weight is 317 g/mol. The summed E-state index contributed by atoms with van der Waals surface area (Å²) in [5, 5.41) is 11.8. The zero-order valence-corrected chi connectivity index (χ0v) is 13.4. The Bertz CT molecular complexity index is 662. The van der Waals surface area contributed by atoms with E-state index in [1.54, 1.807) is 6.07 Å². The SMILES string of the molecule is CC(C)(CNC(=O)c1ccc(C(=O)O)s1)Cc1ccccc1. The summed E-state index contributed by atoms with van der Waals surface area (Å²) in [6.07, 6.45) is 0.860. The van der Waals surface area contributed by atoms with Crippen molar-refractivity contribution in [2.75, 3.05) is 6.54 Å². The quantitative estimate of drug-likeness (QED) is 0.857. The smallest absolute Gasteiger partial charge is 0.345 e. The Hall–Kier alpha value is -2.14. The van der Waals surface area contributed by atoms with Gasteiger partial charge >= 0.3 is 5.97 Å². The van der Waals surface area contributed by atoms with E-state index in [2.05, 4.69) is 31.3 Å². The van der Waals surface area contributed by atoms with Crippen molar-refractivity contribution in [2.45, 2.75) is 20.3 Å². The minimum Gasteiger partial charge on any atom is -0.477 e. The number of carbonyl (C=O) groups excluding carboxylic acids is 1. The molecule has 2 N–H and O–H groups in total. The van der Waals surface area contributed by atoms with Crippen LogP contribution in [-0.4, -0.2) is 23.5 Å². The van der Waals surface area contributed by atoms with Crippen LogP contribution < -0.4 is 5.32 Å². The van der Waals surface area contributed by atoms with Crippen LogP contribution >= 0.6 is 11.3 Å². The Kier molecular flexibility index (Phi) is 4.98. The van der Waals surface area contributed by atoms with E-state index in [1.165, 1.54) is 11.6 Å². The Labute approximate surface area is 133 Å². The van der Waals surface area contributed by atoms with Crippen LogP contribution in [0, 0.1) is 5.41 Å². The molecule has 0 bridgehead atoms. The van der Waals surface area contributed by atoms with Crippen LogP contribution in [0.2, 0.25) is 0 Å². The topological polar surface area (TPSA) is 66.4 Å². The van der Waals surface area contributed by atoms with Crippen LogP contribution in [0.3, 0.4) is 0 Å². The molecule has 0 aliphatic carbocycles. The maximum Gasteiger partial charge on any atom is 0.345 e. The third-order valence-corrected chi connectivity index (χ3v) is 4.37. The van der Waals surface area contributed by atoms with Gasteiger partial charge in [0.05, 0.1) is 4.88 Å². The van der Waals surface area contributed by atoms with Gasteiger partial charge in [-0.25, -0.2) is 4.79 Å². The molecule has 4 nitrogen and oxygen atoms in total. The maximum absolute atomic E-state index is 12.1. The zero-order chi connectivity index (χ0) is 16.2. The summed E-state index contributed by atoms with van der Waals surface area (Å²) in [5.74, 6) is -1.23. The molecule has 1 aromatic carbocycles. The summed E-state index contributed by atoms with van der Waals surface area (Å²) in [5.41, 5.74) is 1.15. The first-order valence-corrected chi connectivity index (χ1v) is 7.84. The molecule has 0 radical (unpaired) electrons. The Morgan fingerprint density at radius 3 is 2.32 bits per heavy atom. The fourth-order valence-corrected chi connectivity index (χ4v) is 2.95. The van der Waals surface area contributed by atoms with Gasteiger partial charge < -0.3 is 10.4 Å². The van der Waals surface area contributed by atoms with E-state index in [-0.39, 0.29) is 16.2 Å². The molecule has 0 atom stereocenters. The highest BCUT2D eigenvalue weighted by Crippen LogP contribution is 2.22. The summed E-state index contributed by atoms with van der Waals surface area (Å²) in [4.78, 5) is 23.5. The minimum atomic E-state index is -1.01. The number of carbonyl (C=O) groups is 2. The third-order valence-electron chi connectivity index (χ3n) is 3.29. The van der Waals surface area contributed by atoms with Gasteiger partial charge in [0.15, 0.2) is 0 Å². The van der Waals surface area contributed by atoms with Crippen LogP contribution in [0.4, 0.5) is 0 Å². The number of hydrogen-bond acceptors (Lipinski definition) is 3. The van der Waals surface area contributed by atoms with Gasteiger partial charge in [-0.2, -0.15) is 0 Å². The summed E-state index contributed by atoms with van der Waals surface area (Å²) in [7, 11) is 0. The number of hydrogen-bond donors (Lipinski definition) is 2. The molecular weight excluding hydrogens is 298 g/mol. The van der Waals surface area contributed by atoms with Crippen molar-refractivity contribution >= 4 is 23.2 Å². The predicted octanol–water partition coefficient (Wildman–Crippen LogP) is 3.45. The van der Waals surface area contributed by atoms with Crippen LogP contribution in [0.25, 0.3) is 0 Å². The molecule has 0 saturated carbocycles. The largest absolute Gasteiger partial charge is 0.477 e. The number of nitrogens with one attached hydrogen (secondary N) is 1. The van der Waals surface area contributed by atoms with Crippen LogP contribution in [-0.2, 0) is 6.42 Å². The molecule has 5 heteroatoms. The van der Waals surface area contributed by atoms with Crippen molar-refractivity contribution in [3.8, 4) is 0 Å². The summed E-state index contributed by atoms with van der Waals surface area (Å²) >= 11 is 0.992. The molecule has 1 aromatic heterocycles. The van der Waals surface area contributed by atoms with Crippen molar-refractivity contribution in [3.63, 3.8) is 0 Å². The van der Waals surface area contributed by atoms with Crippen LogP contribution in [0.5, 0.6) is 0 Å². The standard InChI is InChI=1S/C17H19NO3S/c1-17(2,10-12-6-4-3-5-7-12)11-18-15(19)13-8-9-14(22-13)16(20)21/h3-9H,10-11H2,1-2H3,(H,18,19)(H,20,21). The second-order valence-corrected chi connectivity index (χ2v) is 7.06. The number of aromatic carboxylic acids is 1. The van der Waals surface area contributed by atoms with Gasteiger partial charge in [-0.15, -0.1) is 11.3 Å². The van der Waals surface area contributed by atoms with Crippen LogP contribution in [0.1, 0.15) is 38.8 Å². The lowest BCUT2D eigenvalue weighted by Gasteiger charge is -2.25. The van der Waals surface area contributed by atoms with Crippen molar-refractivity contribution in [1.82, 2.24) is 5.32 Å². The molecule has 1 amide bonds. The van der Waals surface area contributed by atoms with Gasteiger partial charge in [0.2, 0.25) is 0 Å². The average Bonchev–Trinajstić information content (AvgIpc) is 2.95. The molecule has 116 valence electrons. The van der Waals surface area contributed by atoms with E-state index in [9.17, 15) is 9.59 Å². The predicted molar refractivity (Wildman–Crippen MR) is 87.5 cm³/mol. The lowest BCUT2D eigenvalue weighted by molar-refractivity contribution is 0.0702. The number of amides is 1. The van der Waals surface area contributed by atoms with E-state index in [1.807, 2.05) is 18.2 Å². The first kappa shape index (κ1) is 16.2. The number of rotatable bonds is 6. The van der Waals surface area contributed by atoms with Gasteiger partial charge in [0, 0.05) is 6.54 Å². The van der Waals surface area contributed by atoms with Gasteiger partial charge in [-0.05, 0) is 29.5 Å². The van der Waals surface area contributed by atoms with E-state index in [4.69, 9.17) is 5.11 Å². The van der Waals surface area contributed by atoms with Gasteiger partial charge in [0.25, 0.3) is 5.91 Å². The van der Waals surface area contributed by atoms with E-state index in [0.29, 0.717) is 11.4 Å². The first-order chi connectivity index (χ1) is 10.4. The fraction of sp³-hybridized carbons (Fsp3) is 0.294. The lowest BCUT2D eigenvalue weighted by Crippen LogP contribution is -2.34. The van der Waals surface area contributed by atoms with E-state index >= 15 is 0 Å². The van der Waals surface area contributed by atoms with Gasteiger partial charge in [0.1, 0.15) is 4.88 Å². The Morgan fingerprint density at radius 1 is 1.09 bits per heavy atom. The Balaban J connectivity index is 1.93. The molecule has 0 aliphatic rings. The van der Waals surface area contributed by atoms with E-state index in [0.717, 1.165) is 17.8 Å². The first-order valence-electron chi connectivity index (χ1n) is 7.03. The normalized spacial score (nSPS) is 11.2. The highest BCUT2D eigenvalue weighted by atomic mass is 32.1. The number of thiophene rings is 1. The summed E-state index contributed by atoms with van der Waals surface area (Å²) in [6.45, 7) is 4.72. The van der Waals surface area contributed by atoms with Gasteiger partial charge in [-0.1, -0.05) is 44.2 Å². The van der Waals surface area contributed by atoms with Crippen LogP contribution in [0.15, 0.2) is 42.5 Å². The Morgan fingerprint density at radius 2 is 1.73 bits per heavy atom. The molecule has 1 heterocycles. The highest BCUT2D eigenvalue weighted by Gasteiger charge is 2.21. The van der Waals surface area contributed by atoms with Gasteiger partial charge in [-0.3, -0.25) is 4.79 Å². The van der Waals surface area contributed by atoms with Crippen molar-refractivity contribution in [2.24, 2.45) is 5.41 Å². The highest BCUT2D eigenvalue weighted by molar-refractivity contribution is 7.15. The summed E-state index contributed by atoms with van der Waals surface area (Å²) < 4.78 is 0. The number of carboxylic acid groups (broad SMARTS) is 1. The molecule has 2 aromatic rings. The molecule has 0 unspecified atom stereocenters. The number of carboxylic acids is 1. The zero-order valence-electron chi connectivity index (χ0n) is 12.6. The van der Waals surface area contributed by atoms with E-state index < -0.39 is 5.97 Å². The molecule has 22 heavy (non-hydrogen) atoms. The van der Waals surface area contributed by atoms with Crippen molar-refractivity contribution < 1.29 is 14.7 Å². The third kappa shape index (κ3) is 4.43. The lowest BCUT2D eigenvalue weighted by atomic mass is 9.85. The van der Waals surface area contributed by atoms with Crippen molar-refractivity contribution in [3.05, 3.63) is 57.8 Å². The molecular formula is C17H19NO3S. The second kappa shape index (κ2) is 6.75. The van der Waals surface area contributed by atoms with Crippen molar-refractivity contribution in [1.29, 1.82) is 0 Å². The summed E-state index contributed by atoms with van der Waals surface area (Å²) in [6, 6.07) is 13.1. The minimum absolute atomic E-state index is 0.0795.